The molecule has 0 saturated carbocycles. The van der Waals surface area contributed by atoms with Gasteiger partial charge in [-0.2, -0.15) is 0 Å². The van der Waals surface area contributed by atoms with Crippen molar-refractivity contribution in [2.45, 2.75) is 18.9 Å². The summed E-state index contributed by atoms with van der Waals surface area (Å²) in [6.45, 7) is 0. The van der Waals surface area contributed by atoms with Crippen LogP contribution < -0.4 is 11.3 Å². The van der Waals surface area contributed by atoms with Crippen LogP contribution in [0.4, 0.5) is 4.39 Å². The van der Waals surface area contributed by atoms with Crippen molar-refractivity contribution in [2.24, 2.45) is 5.84 Å². The average Bonchev–Trinajstić information content (AvgIpc) is 2.44. The van der Waals surface area contributed by atoms with Gasteiger partial charge in [0.05, 0.1) is 10.0 Å². The lowest BCUT2D eigenvalue weighted by molar-refractivity contribution is 0.506. The maximum atomic E-state index is 13.8. The third kappa shape index (κ3) is 4.56. The van der Waals surface area contributed by atoms with Gasteiger partial charge in [-0.3, -0.25) is 11.3 Å². The largest absolute Gasteiger partial charge is 0.271 e. The minimum Gasteiger partial charge on any atom is -0.271 e. The average molecular weight is 348 g/mol. The number of hydrazine groups is 1. The summed E-state index contributed by atoms with van der Waals surface area (Å²) in [4.78, 5) is 0. The summed E-state index contributed by atoms with van der Waals surface area (Å²) in [7, 11) is 0. The second-order valence-corrected chi connectivity index (χ2v) is 6.01. The summed E-state index contributed by atoms with van der Waals surface area (Å²) in [5.74, 6) is 5.22. The summed E-state index contributed by atoms with van der Waals surface area (Å²) in [5, 5.41) is 1.36. The number of benzene rings is 2. The fourth-order valence-corrected chi connectivity index (χ4v) is 2.57. The van der Waals surface area contributed by atoms with Gasteiger partial charge in [0.15, 0.2) is 0 Å². The van der Waals surface area contributed by atoms with E-state index in [9.17, 15) is 4.39 Å². The van der Waals surface area contributed by atoms with Crippen molar-refractivity contribution in [3.8, 4) is 0 Å². The SMILES string of the molecule is NNC(Cc1ccc(Cl)c(Cl)c1)Cc1ccc(Cl)cc1F. The Morgan fingerprint density at radius 3 is 2.38 bits per heavy atom. The van der Waals surface area contributed by atoms with Crippen molar-refractivity contribution < 1.29 is 4.39 Å². The van der Waals surface area contributed by atoms with Gasteiger partial charge in [-0.1, -0.05) is 46.9 Å². The van der Waals surface area contributed by atoms with Gasteiger partial charge >= 0.3 is 0 Å². The maximum absolute atomic E-state index is 13.8. The number of rotatable bonds is 5. The van der Waals surface area contributed by atoms with Gasteiger partial charge < -0.3 is 0 Å². The quantitative estimate of drug-likeness (QED) is 0.621. The predicted molar refractivity (Wildman–Crippen MR) is 86.4 cm³/mol. The standard InChI is InChI=1S/C15H14Cl3FN2/c16-11-3-2-10(15(19)8-11)7-12(21-20)5-9-1-4-13(17)14(18)6-9/h1-4,6,8,12,21H,5,7,20H2. The van der Waals surface area contributed by atoms with Crippen molar-refractivity contribution in [3.05, 3.63) is 68.4 Å². The van der Waals surface area contributed by atoms with Crippen LogP contribution in [0.1, 0.15) is 11.1 Å². The second kappa shape index (κ2) is 7.43. The Balaban J connectivity index is 2.10. The molecule has 0 fully saturated rings. The van der Waals surface area contributed by atoms with E-state index >= 15 is 0 Å². The van der Waals surface area contributed by atoms with E-state index in [1.807, 2.05) is 6.07 Å². The van der Waals surface area contributed by atoms with Crippen molar-refractivity contribution >= 4 is 34.8 Å². The van der Waals surface area contributed by atoms with Crippen LogP contribution in [0.25, 0.3) is 0 Å². The highest BCUT2D eigenvalue weighted by atomic mass is 35.5. The molecule has 0 aliphatic rings. The van der Waals surface area contributed by atoms with Gasteiger partial charge in [0.25, 0.3) is 0 Å². The highest BCUT2D eigenvalue weighted by Crippen LogP contribution is 2.24. The third-order valence-electron chi connectivity index (χ3n) is 3.18. The van der Waals surface area contributed by atoms with Crippen LogP contribution in [0.3, 0.4) is 0 Å². The zero-order chi connectivity index (χ0) is 15.4. The molecule has 0 bridgehead atoms. The Morgan fingerprint density at radius 2 is 1.76 bits per heavy atom. The first-order valence-corrected chi connectivity index (χ1v) is 7.47. The molecule has 1 atom stereocenters. The lowest BCUT2D eigenvalue weighted by Crippen LogP contribution is -2.38. The zero-order valence-electron chi connectivity index (χ0n) is 11.0. The molecule has 2 nitrogen and oxygen atoms in total. The molecular formula is C15H14Cl3FN2. The molecule has 0 aliphatic heterocycles. The number of nitrogens with two attached hydrogens (primary N) is 1. The van der Waals surface area contributed by atoms with Gasteiger partial charge in [0.2, 0.25) is 0 Å². The first-order valence-electron chi connectivity index (χ1n) is 6.33. The minimum atomic E-state index is -0.336. The first-order chi connectivity index (χ1) is 9.99. The fraction of sp³-hybridized carbons (Fsp3) is 0.200. The number of hydrogen-bond donors (Lipinski definition) is 2. The van der Waals surface area contributed by atoms with Crippen LogP contribution in [0.5, 0.6) is 0 Å². The molecule has 6 heteroatoms. The molecule has 0 radical (unpaired) electrons. The Labute approximate surface area is 138 Å². The van der Waals surface area contributed by atoms with Crippen LogP contribution in [0.15, 0.2) is 36.4 Å². The van der Waals surface area contributed by atoms with Crippen LogP contribution >= 0.6 is 34.8 Å². The van der Waals surface area contributed by atoms with E-state index in [1.165, 1.54) is 6.07 Å². The fourth-order valence-electron chi connectivity index (χ4n) is 2.09. The van der Waals surface area contributed by atoms with Crippen molar-refractivity contribution in [1.82, 2.24) is 5.43 Å². The van der Waals surface area contributed by atoms with Gasteiger partial charge in [-0.15, -0.1) is 0 Å². The lowest BCUT2D eigenvalue weighted by Gasteiger charge is -2.17. The molecule has 2 rings (SSSR count). The molecule has 1 unspecified atom stereocenters. The molecule has 3 N–H and O–H groups in total. The number of nitrogens with one attached hydrogen (secondary N) is 1. The predicted octanol–water partition coefficient (Wildman–Crippen LogP) is 4.40. The Kier molecular flexibility index (Phi) is 5.85. The number of hydrogen-bond acceptors (Lipinski definition) is 2. The zero-order valence-corrected chi connectivity index (χ0v) is 13.3. The minimum absolute atomic E-state index is 0.127. The highest BCUT2D eigenvalue weighted by Gasteiger charge is 2.13. The van der Waals surface area contributed by atoms with E-state index in [4.69, 9.17) is 40.6 Å². The summed E-state index contributed by atoms with van der Waals surface area (Å²) >= 11 is 17.6. The van der Waals surface area contributed by atoms with Crippen LogP contribution in [0.2, 0.25) is 15.1 Å². The van der Waals surface area contributed by atoms with Crippen molar-refractivity contribution in [3.63, 3.8) is 0 Å². The summed E-state index contributed by atoms with van der Waals surface area (Å²) in [6.07, 6.45) is 1.05. The van der Waals surface area contributed by atoms with Crippen LogP contribution in [-0.4, -0.2) is 6.04 Å². The normalized spacial score (nSPS) is 12.4. The Morgan fingerprint density at radius 1 is 1.00 bits per heavy atom. The smallest absolute Gasteiger partial charge is 0.127 e. The Bertz CT molecular complexity index is 634. The van der Waals surface area contributed by atoms with Crippen molar-refractivity contribution in [1.29, 1.82) is 0 Å². The van der Waals surface area contributed by atoms with E-state index in [0.717, 1.165) is 5.56 Å². The molecule has 0 amide bonds. The molecule has 0 heterocycles. The molecule has 2 aromatic carbocycles. The third-order valence-corrected chi connectivity index (χ3v) is 4.16. The van der Waals surface area contributed by atoms with E-state index in [0.29, 0.717) is 33.5 Å². The molecule has 0 spiro atoms. The Hall–Kier alpha value is -0.840. The summed E-state index contributed by atoms with van der Waals surface area (Å²) < 4.78 is 13.8. The van der Waals surface area contributed by atoms with Gasteiger partial charge in [-0.05, 0) is 48.2 Å². The monoisotopic (exact) mass is 346 g/mol. The second-order valence-electron chi connectivity index (χ2n) is 4.76. The lowest BCUT2D eigenvalue weighted by atomic mass is 9.99. The van der Waals surface area contributed by atoms with E-state index in [-0.39, 0.29) is 11.9 Å². The molecule has 21 heavy (non-hydrogen) atoms. The van der Waals surface area contributed by atoms with Gasteiger partial charge in [-0.25, -0.2) is 4.39 Å². The molecule has 0 saturated heterocycles. The molecule has 0 aromatic heterocycles. The summed E-state index contributed by atoms with van der Waals surface area (Å²) in [6, 6.07) is 9.88. The molecule has 0 aliphatic carbocycles. The molecule has 112 valence electrons. The topological polar surface area (TPSA) is 38.0 Å². The van der Waals surface area contributed by atoms with E-state index in [2.05, 4.69) is 5.43 Å². The van der Waals surface area contributed by atoms with Crippen LogP contribution in [0, 0.1) is 5.82 Å². The van der Waals surface area contributed by atoms with Crippen LogP contribution in [-0.2, 0) is 12.8 Å². The van der Waals surface area contributed by atoms with E-state index < -0.39 is 0 Å². The molecule has 2 aromatic rings. The first kappa shape index (κ1) is 16.5. The molecular weight excluding hydrogens is 334 g/mol. The number of halogens is 4. The summed E-state index contributed by atoms with van der Waals surface area (Å²) in [5.41, 5.74) is 4.23. The van der Waals surface area contributed by atoms with Gasteiger partial charge in [0, 0.05) is 11.1 Å². The van der Waals surface area contributed by atoms with Gasteiger partial charge in [0.1, 0.15) is 5.82 Å². The van der Waals surface area contributed by atoms with E-state index in [1.54, 1.807) is 24.3 Å². The highest BCUT2D eigenvalue weighted by molar-refractivity contribution is 6.42. The maximum Gasteiger partial charge on any atom is 0.127 e. The van der Waals surface area contributed by atoms with Crippen molar-refractivity contribution in [2.75, 3.05) is 0 Å².